The molecule has 5 heteroatoms. The maximum atomic E-state index is 6.19. The molecule has 0 unspecified atom stereocenters. The van der Waals surface area contributed by atoms with Gasteiger partial charge < -0.3 is 14.8 Å². The molecule has 22 heavy (non-hydrogen) atoms. The summed E-state index contributed by atoms with van der Waals surface area (Å²) in [6, 6.07) is 11.7. The molecule has 118 valence electrons. The minimum Gasteiger partial charge on any atom is -0.497 e. The minimum absolute atomic E-state index is 0.536. The molecule has 0 radical (unpaired) electrons. The van der Waals surface area contributed by atoms with Crippen molar-refractivity contribution in [1.82, 2.24) is 5.32 Å². The second-order valence-electron chi connectivity index (χ2n) is 4.77. The van der Waals surface area contributed by atoms with Crippen molar-refractivity contribution >= 4 is 23.2 Å². The highest BCUT2D eigenvalue weighted by Gasteiger charge is 2.09. The van der Waals surface area contributed by atoms with Gasteiger partial charge in [-0.1, -0.05) is 35.3 Å². The van der Waals surface area contributed by atoms with Crippen LogP contribution in [0.25, 0.3) is 0 Å². The summed E-state index contributed by atoms with van der Waals surface area (Å²) in [6.45, 7) is 3.87. The highest BCUT2D eigenvalue weighted by molar-refractivity contribution is 6.37. The fraction of sp³-hybridized carbons (Fsp3) is 0.294. The van der Waals surface area contributed by atoms with E-state index >= 15 is 0 Å². The number of nitrogens with one attached hydrogen (secondary N) is 1. The first-order valence-electron chi connectivity index (χ1n) is 7.08. The molecule has 0 atom stereocenters. The first kappa shape index (κ1) is 16.9. The summed E-state index contributed by atoms with van der Waals surface area (Å²) in [5.74, 6) is 1.40. The summed E-state index contributed by atoms with van der Waals surface area (Å²) < 4.78 is 10.6. The van der Waals surface area contributed by atoms with Crippen LogP contribution < -0.4 is 14.8 Å². The van der Waals surface area contributed by atoms with Gasteiger partial charge in [-0.15, -0.1) is 0 Å². The van der Waals surface area contributed by atoms with Crippen LogP contribution in [0.15, 0.2) is 36.4 Å². The first-order chi connectivity index (χ1) is 10.6. The lowest BCUT2D eigenvalue weighted by Gasteiger charge is -2.11. The van der Waals surface area contributed by atoms with Gasteiger partial charge in [-0.25, -0.2) is 0 Å². The molecular formula is C17H19Cl2NO2. The van der Waals surface area contributed by atoms with Crippen LogP contribution in [0.1, 0.15) is 18.1 Å². The average molecular weight is 340 g/mol. The van der Waals surface area contributed by atoms with E-state index in [2.05, 4.69) is 5.32 Å². The maximum absolute atomic E-state index is 6.19. The third-order valence-corrected chi connectivity index (χ3v) is 3.73. The molecule has 0 heterocycles. The zero-order valence-electron chi connectivity index (χ0n) is 12.7. The molecule has 2 rings (SSSR count). The number of methoxy groups -OCH3 is 1. The Bertz CT molecular complexity index is 592. The summed E-state index contributed by atoms with van der Waals surface area (Å²) in [4.78, 5) is 0. The number of rotatable bonds is 7. The predicted molar refractivity (Wildman–Crippen MR) is 91.2 cm³/mol. The normalized spacial score (nSPS) is 10.5. The van der Waals surface area contributed by atoms with E-state index in [9.17, 15) is 0 Å². The molecule has 0 saturated heterocycles. The monoisotopic (exact) mass is 339 g/mol. The molecule has 0 saturated carbocycles. The Labute approximate surface area is 141 Å². The summed E-state index contributed by atoms with van der Waals surface area (Å²) in [6.07, 6.45) is 0. The smallest absolute Gasteiger partial charge is 0.156 e. The van der Waals surface area contributed by atoms with Crippen molar-refractivity contribution < 1.29 is 9.47 Å². The van der Waals surface area contributed by atoms with E-state index < -0.39 is 0 Å². The molecule has 2 aromatic rings. The van der Waals surface area contributed by atoms with E-state index in [0.29, 0.717) is 28.9 Å². The van der Waals surface area contributed by atoms with Gasteiger partial charge in [0.15, 0.2) is 5.75 Å². The number of halogens is 2. The van der Waals surface area contributed by atoms with Crippen LogP contribution >= 0.6 is 23.2 Å². The second kappa shape index (κ2) is 8.28. The van der Waals surface area contributed by atoms with E-state index in [0.717, 1.165) is 17.9 Å². The molecule has 0 spiro atoms. The summed E-state index contributed by atoms with van der Waals surface area (Å²) in [5.41, 5.74) is 2.20. The van der Waals surface area contributed by atoms with Crippen molar-refractivity contribution in [3.05, 3.63) is 57.6 Å². The topological polar surface area (TPSA) is 30.5 Å². The fourth-order valence-electron chi connectivity index (χ4n) is 2.09. The van der Waals surface area contributed by atoms with E-state index in [1.54, 1.807) is 7.11 Å². The van der Waals surface area contributed by atoms with Crippen LogP contribution in [0.2, 0.25) is 10.0 Å². The number of ether oxygens (including phenoxy) is 2. The second-order valence-corrected chi connectivity index (χ2v) is 5.59. The molecule has 0 fully saturated rings. The third kappa shape index (κ3) is 4.54. The van der Waals surface area contributed by atoms with Crippen molar-refractivity contribution in [2.24, 2.45) is 0 Å². The summed E-state index contributed by atoms with van der Waals surface area (Å²) >= 11 is 12.4. The lowest BCUT2D eigenvalue weighted by molar-refractivity contribution is 0.340. The van der Waals surface area contributed by atoms with Crippen molar-refractivity contribution in [2.75, 3.05) is 13.7 Å². The van der Waals surface area contributed by atoms with Gasteiger partial charge in [0.05, 0.1) is 23.8 Å². The van der Waals surface area contributed by atoms with Crippen LogP contribution in [0.4, 0.5) is 0 Å². The lowest BCUT2D eigenvalue weighted by Crippen LogP contribution is -2.12. The van der Waals surface area contributed by atoms with Crippen LogP contribution in [-0.2, 0) is 13.1 Å². The van der Waals surface area contributed by atoms with Gasteiger partial charge in [0.25, 0.3) is 0 Å². The Morgan fingerprint density at radius 2 is 1.55 bits per heavy atom. The van der Waals surface area contributed by atoms with Gasteiger partial charge in [-0.2, -0.15) is 0 Å². The van der Waals surface area contributed by atoms with Crippen molar-refractivity contribution in [3.63, 3.8) is 0 Å². The molecule has 0 amide bonds. The molecular weight excluding hydrogens is 321 g/mol. The van der Waals surface area contributed by atoms with Gasteiger partial charge in [0.2, 0.25) is 0 Å². The Kier molecular flexibility index (Phi) is 6.37. The van der Waals surface area contributed by atoms with Gasteiger partial charge in [0.1, 0.15) is 5.75 Å². The van der Waals surface area contributed by atoms with Gasteiger partial charge in [-0.05, 0) is 42.3 Å². The summed E-state index contributed by atoms with van der Waals surface area (Å²) in [7, 11) is 1.66. The molecule has 3 nitrogen and oxygen atoms in total. The molecule has 0 aliphatic rings. The van der Waals surface area contributed by atoms with E-state index in [1.807, 2.05) is 43.3 Å². The maximum Gasteiger partial charge on any atom is 0.156 e. The predicted octanol–water partition coefficient (Wildman–Crippen LogP) is 4.69. The first-order valence-corrected chi connectivity index (χ1v) is 7.84. The number of hydrogen-bond acceptors (Lipinski definition) is 3. The van der Waals surface area contributed by atoms with Gasteiger partial charge >= 0.3 is 0 Å². The largest absolute Gasteiger partial charge is 0.497 e. The quantitative estimate of drug-likeness (QED) is 0.793. The SMILES string of the molecule is CCOc1c(Cl)cc(CNCc2ccc(OC)cc2)cc1Cl. The molecule has 2 aromatic carbocycles. The van der Waals surface area contributed by atoms with E-state index in [-0.39, 0.29) is 0 Å². The van der Waals surface area contributed by atoms with Crippen LogP contribution in [-0.4, -0.2) is 13.7 Å². The number of hydrogen-bond donors (Lipinski definition) is 1. The Hall–Kier alpha value is -1.42. The minimum atomic E-state index is 0.536. The average Bonchev–Trinajstić information content (AvgIpc) is 2.51. The lowest BCUT2D eigenvalue weighted by atomic mass is 10.2. The van der Waals surface area contributed by atoms with Crippen molar-refractivity contribution in [3.8, 4) is 11.5 Å². The standard InChI is InChI=1S/C17H19Cl2NO2/c1-3-22-17-15(18)8-13(9-16(17)19)11-20-10-12-4-6-14(21-2)7-5-12/h4-9,20H,3,10-11H2,1-2H3. The third-order valence-electron chi connectivity index (χ3n) is 3.16. The van der Waals surface area contributed by atoms with Gasteiger partial charge in [0, 0.05) is 13.1 Å². The highest BCUT2D eigenvalue weighted by atomic mass is 35.5. The van der Waals surface area contributed by atoms with Crippen molar-refractivity contribution in [2.45, 2.75) is 20.0 Å². The van der Waals surface area contributed by atoms with E-state index in [1.165, 1.54) is 5.56 Å². The summed E-state index contributed by atoms with van der Waals surface area (Å²) in [5, 5.41) is 4.44. The molecule has 0 aromatic heterocycles. The Balaban J connectivity index is 1.93. The number of benzene rings is 2. The van der Waals surface area contributed by atoms with Crippen LogP contribution in [0, 0.1) is 0 Å². The van der Waals surface area contributed by atoms with Crippen LogP contribution in [0.3, 0.4) is 0 Å². The molecule has 1 N–H and O–H groups in total. The Morgan fingerprint density at radius 3 is 2.09 bits per heavy atom. The Morgan fingerprint density at radius 1 is 0.955 bits per heavy atom. The fourth-order valence-corrected chi connectivity index (χ4v) is 2.73. The molecule has 0 aliphatic carbocycles. The molecule has 0 aliphatic heterocycles. The highest BCUT2D eigenvalue weighted by Crippen LogP contribution is 2.34. The van der Waals surface area contributed by atoms with Crippen LogP contribution in [0.5, 0.6) is 11.5 Å². The van der Waals surface area contributed by atoms with E-state index in [4.69, 9.17) is 32.7 Å². The zero-order valence-corrected chi connectivity index (χ0v) is 14.2. The van der Waals surface area contributed by atoms with Crippen molar-refractivity contribution in [1.29, 1.82) is 0 Å². The molecule has 0 bridgehead atoms. The zero-order chi connectivity index (χ0) is 15.9. The van der Waals surface area contributed by atoms with Gasteiger partial charge in [-0.3, -0.25) is 0 Å².